The Kier molecular flexibility index (Phi) is 3.78. The number of hydrogen-bond acceptors (Lipinski definition) is 5. The summed E-state index contributed by atoms with van der Waals surface area (Å²) in [5, 5.41) is 4.09. The van der Waals surface area contributed by atoms with E-state index >= 15 is 0 Å². The Labute approximate surface area is 148 Å². The zero-order chi connectivity index (χ0) is 17.4. The molecule has 0 saturated heterocycles. The third kappa shape index (κ3) is 3.26. The van der Waals surface area contributed by atoms with Gasteiger partial charge < -0.3 is 0 Å². The molecule has 0 spiro atoms. The van der Waals surface area contributed by atoms with Gasteiger partial charge in [-0.3, -0.25) is 14.1 Å². The topological polar surface area (TPSA) is 76.4 Å². The summed E-state index contributed by atoms with van der Waals surface area (Å²) in [5.74, 6) is 0. The normalized spacial score (nSPS) is 11.7. The number of imidazole rings is 1. The first kappa shape index (κ1) is 15.8. The van der Waals surface area contributed by atoms with Crippen LogP contribution in [0.2, 0.25) is 0 Å². The number of nitrogens with zero attached hydrogens (tertiary/aromatic N) is 3. The van der Waals surface area contributed by atoms with Crippen LogP contribution in [0.1, 0.15) is 0 Å². The molecule has 0 bridgehead atoms. The van der Waals surface area contributed by atoms with Crippen LogP contribution >= 0.6 is 11.3 Å². The Balaban J connectivity index is 1.80. The van der Waals surface area contributed by atoms with Crippen molar-refractivity contribution in [3.8, 4) is 22.5 Å². The second-order valence-electron chi connectivity index (χ2n) is 5.61. The molecule has 1 aromatic carbocycles. The molecular weight excluding hydrogens is 356 g/mol. The zero-order valence-corrected chi connectivity index (χ0v) is 14.9. The van der Waals surface area contributed by atoms with Crippen LogP contribution in [-0.2, 0) is 10.0 Å². The highest BCUT2D eigenvalue weighted by atomic mass is 32.2. The fourth-order valence-electron chi connectivity index (χ4n) is 2.62. The fourth-order valence-corrected chi connectivity index (χ4v) is 3.82. The molecule has 0 aliphatic rings. The molecule has 25 heavy (non-hydrogen) atoms. The second kappa shape index (κ2) is 5.98. The monoisotopic (exact) mass is 370 g/mol. The molecule has 8 heteroatoms. The van der Waals surface area contributed by atoms with Gasteiger partial charge >= 0.3 is 0 Å². The van der Waals surface area contributed by atoms with Crippen molar-refractivity contribution in [3.63, 3.8) is 0 Å². The molecule has 0 unspecified atom stereocenters. The van der Waals surface area contributed by atoms with Crippen molar-refractivity contribution in [2.24, 2.45) is 0 Å². The van der Waals surface area contributed by atoms with Crippen molar-refractivity contribution in [1.29, 1.82) is 0 Å². The van der Waals surface area contributed by atoms with Gasteiger partial charge in [-0.1, -0.05) is 12.1 Å². The lowest BCUT2D eigenvalue weighted by molar-refractivity contribution is 0.607. The van der Waals surface area contributed by atoms with Crippen molar-refractivity contribution in [3.05, 3.63) is 59.7 Å². The number of rotatable bonds is 4. The quantitative estimate of drug-likeness (QED) is 0.596. The summed E-state index contributed by atoms with van der Waals surface area (Å²) in [7, 11) is -3.32. The minimum Gasteiger partial charge on any atom is -0.296 e. The van der Waals surface area contributed by atoms with Crippen molar-refractivity contribution in [1.82, 2.24) is 14.4 Å². The van der Waals surface area contributed by atoms with Gasteiger partial charge in [-0.05, 0) is 23.6 Å². The van der Waals surface area contributed by atoms with Gasteiger partial charge in [0.25, 0.3) is 0 Å². The molecule has 3 heterocycles. The van der Waals surface area contributed by atoms with Gasteiger partial charge in [0.2, 0.25) is 10.0 Å². The van der Waals surface area contributed by atoms with Crippen LogP contribution in [0, 0.1) is 0 Å². The molecule has 126 valence electrons. The standard InChI is InChI=1S/C17H14N4O2S2/c1-25(22,23)20-14-4-2-3-12(7-14)15-10-21-16(13-5-6-24-11-13)8-19-17(21)9-18-15/h2-11,20H,1H3. The van der Waals surface area contributed by atoms with Gasteiger partial charge in [-0.15, -0.1) is 0 Å². The Bertz CT molecular complexity index is 1150. The highest BCUT2D eigenvalue weighted by Gasteiger charge is 2.10. The van der Waals surface area contributed by atoms with Crippen molar-refractivity contribution >= 4 is 32.7 Å². The lowest BCUT2D eigenvalue weighted by Gasteiger charge is -2.07. The van der Waals surface area contributed by atoms with Crippen LogP contribution in [0.4, 0.5) is 5.69 Å². The van der Waals surface area contributed by atoms with Crippen LogP contribution in [0.5, 0.6) is 0 Å². The van der Waals surface area contributed by atoms with E-state index in [9.17, 15) is 8.42 Å². The molecule has 1 N–H and O–H groups in total. The largest absolute Gasteiger partial charge is 0.296 e. The van der Waals surface area contributed by atoms with Crippen LogP contribution in [0.3, 0.4) is 0 Å². The van der Waals surface area contributed by atoms with Crippen molar-refractivity contribution in [2.75, 3.05) is 11.0 Å². The first-order chi connectivity index (χ1) is 12.0. The van der Waals surface area contributed by atoms with Gasteiger partial charge in [0, 0.05) is 28.4 Å². The lowest BCUT2D eigenvalue weighted by atomic mass is 10.1. The summed E-state index contributed by atoms with van der Waals surface area (Å²) >= 11 is 1.63. The molecule has 6 nitrogen and oxygen atoms in total. The number of benzene rings is 1. The molecule has 4 rings (SSSR count). The van der Waals surface area contributed by atoms with Gasteiger partial charge in [0.05, 0.1) is 30.0 Å². The maximum absolute atomic E-state index is 11.4. The highest BCUT2D eigenvalue weighted by molar-refractivity contribution is 7.92. The minimum absolute atomic E-state index is 0.505. The predicted molar refractivity (Wildman–Crippen MR) is 100 cm³/mol. The van der Waals surface area contributed by atoms with E-state index in [2.05, 4.69) is 20.1 Å². The van der Waals surface area contributed by atoms with Crippen LogP contribution < -0.4 is 4.72 Å². The number of thiophene rings is 1. The smallest absolute Gasteiger partial charge is 0.229 e. The first-order valence-electron chi connectivity index (χ1n) is 7.43. The minimum atomic E-state index is -3.32. The van der Waals surface area contributed by atoms with Gasteiger partial charge in [-0.2, -0.15) is 11.3 Å². The molecule has 0 aliphatic heterocycles. The molecule has 0 fully saturated rings. The number of hydrogen-bond donors (Lipinski definition) is 1. The third-order valence-corrected chi connectivity index (χ3v) is 4.96. The maximum atomic E-state index is 11.4. The summed E-state index contributed by atoms with van der Waals surface area (Å²) in [4.78, 5) is 8.84. The van der Waals surface area contributed by atoms with Crippen LogP contribution in [-0.4, -0.2) is 29.0 Å². The number of aromatic nitrogens is 3. The van der Waals surface area contributed by atoms with E-state index in [0.29, 0.717) is 5.69 Å². The predicted octanol–water partition coefficient (Wildman–Crippen LogP) is 3.50. The molecule has 0 saturated carbocycles. The van der Waals surface area contributed by atoms with Gasteiger partial charge in [0.1, 0.15) is 0 Å². The summed E-state index contributed by atoms with van der Waals surface area (Å²) in [6, 6.07) is 9.20. The van der Waals surface area contributed by atoms with Crippen molar-refractivity contribution < 1.29 is 8.42 Å². The van der Waals surface area contributed by atoms with E-state index in [1.165, 1.54) is 0 Å². The van der Waals surface area contributed by atoms with E-state index in [1.54, 1.807) is 35.7 Å². The van der Waals surface area contributed by atoms with E-state index in [1.807, 2.05) is 34.3 Å². The average Bonchev–Trinajstić information content (AvgIpc) is 3.22. The number of sulfonamides is 1. The first-order valence-corrected chi connectivity index (χ1v) is 10.3. The summed E-state index contributed by atoms with van der Waals surface area (Å²) in [6.07, 6.45) is 6.57. The molecule has 3 aromatic heterocycles. The Morgan fingerprint density at radius 3 is 2.76 bits per heavy atom. The Morgan fingerprint density at radius 2 is 2.00 bits per heavy atom. The molecule has 0 radical (unpaired) electrons. The van der Waals surface area contributed by atoms with Crippen LogP contribution in [0.15, 0.2) is 59.7 Å². The average molecular weight is 370 g/mol. The zero-order valence-electron chi connectivity index (χ0n) is 13.2. The Morgan fingerprint density at radius 1 is 1.12 bits per heavy atom. The van der Waals surface area contributed by atoms with Crippen LogP contribution in [0.25, 0.3) is 28.2 Å². The molecular formula is C17H14N4O2S2. The second-order valence-corrected chi connectivity index (χ2v) is 8.14. The summed E-state index contributed by atoms with van der Waals surface area (Å²) < 4.78 is 27.3. The van der Waals surface area contributed by atoms with Gasteiger partial charge in [-0.25, -0.2) is 13.4 Å². The summed E-state index contributed by atoms with van der Waals surface area (Å²) in [6.45, 7) is 0. The Hall–Kier alpha value is -2.71. The van der Waals surface area contributed by atoms with E-state index < -0.39 is 10.0 Å². The molecule has 0 aliphatic carbocycles. The maximum Gasteiger partial charge on any atom is 0.229 e. The van der Waals surface area contributed by atoms with Gasteiger partial charge in [0.15, 0.2) is 5.65 Å². The number of fused-ring (bicyclic) bond motifs is 1. The third-order valence-electron chi connectivity index (χ3n) is 3.67. The van der Waals surface area contributed by atoms with E-state index in [0.717, 1.165) is 34.4 Å². The number of anilines is 1. The lowest BCUT2D eigenvalue weighted by Crippen LogP contribution is -2.09. The number of nitrogens with one attached hydrogen (secondary N) is 1. The van der Waals surface area contributed by atoms with E-state index in [-0.39, 0.29) is 0 Å². The molecule has 4 aromatic rings. The van der Waals surface area contributed by atoms with E-state index in [4.69, 9.17) is 0 Å². The fraction of sp³-hybridized carbons (Fsp3) is 0.0588. The molecule has 0 amide bonds. The summed E-state index contributed by atoms with van der Waals surface area (Å²) in [5.41, 5.74) is 4.91. The van der Waals surface area contributed by atoms with Crippen molar-refractivity contribution in [2.45, 2.75) is 0 Å². The highest BCUT2D eigenvalue weighted by Crippen LogP contribution is 2.26. The SMILES string of the molecule is CS(=O)(=O)Nc1cccc(-c2cn3c(-c4ccsc4)cnc3cn2)c1. The molecule has 0 atom stereocenters.